The number of benzene rings is 2. The largest absolute Gasteiger partial charge is 0.453 e. The number of nitrogens with two attached hydrogens (primary N) is 1. The fourth-order valence-electron chi connectivity index (χ4n) is 1.47. The molecule has 2 aromatic carbocycles. The molecule has 0 saturated carbocycles. The molecule has 2 N–H and O–H groups in total. The number of thiocarbonyl (C=S) groups is 1. The number of hydrogen-bond acceptors (Lipinski definition) is 2. The van der Waals surface area contributed by atoms with E-state index in [9.17, 15) is 8.78 Å². The van der Waals surface area contributed by atoms with Gasteiger partial charge in [-0.1, -0.05) is 34.2 Å². The molecule has 0 bridgehead atoms. The molecule has 0 unspecified atom stereocenters. The van der Waals surface area contributed by atoms with Crippen LogP contribution in [-0.2, 0) is 0 Å². The van der Waals surface area contributed by atoms with E-state index in [1.807, 2.05) is 0 Å². The summed E-state index contributed by atoms with van der Waals surface area (Å²) in [6, 6.07) is 8.60. The van der Waals surface area contributed by atoms with Crippen molar-refractivity contribution in [1.82, 2.24) is 0 Å². The molecule has 0 aliphatic rings. The van der Waals surface area contributed by atoms with E-state index in [0.717, 1.165) is 10.5 Å². The van der Waals surface area contributed by atoms with Gasteiger partial charge in [0, 0.05) is 4.47 Å². The van der Waals surface area contributed by atoms with Gasteiger partial charge in [-0.15, -0.1) is 0 Å². The monoisotopic (exact) mass is 343 g/mol. The predicted octanol–water partition coefficient (Wildman–Crippen LogP) is 4.15. The first-order chi connectivity index (χ1) is 8.99. The third-order valence-electron chi connectivity index (χ3n) is 2.34. The summed E-state index contributed by atoms with van der Waals surface area (Å²) >= 11 is 8.16. The molecule has 0 atom stereocenters. The van der Waals surface area contributed by atoms with Crippen LogP contribution in [0.25, 0.3) is 0 Å². The van der Waals surface area contributed by atoms with E-state index >= 15 is 0 Å². The Labute approximate surface area is 122 Å². The minimum atomic E-state index is -1.06. The second-order valence-electron chi connectivity index (χ2n) is 3.66. The van der Waals surface area contributed by atoms with Crippen LogP contribution in [0.5, 0.6) is 11.5 Å². The third-order valence-corrected chi connectivity index (χ3v) is 3.06. The molecule has 0 spiro atoms. The van der Waals surface area contributed by atoms with Gasteiger partial charge in [-0.25, -0.2) is 4.39 Å². The van der Waals surface area contributed by atoms with Crippen molar-refractivity contribution in [2.75, 3.05) is 0 Å². The van der Waals surface area contributed by atoms with E-state index in [1.165, 1.54) is 12.1 Å². The maximum atomic E-state index is 13.5. The lowest BCUT2D eigenvalue weighted by atomic mass is 10.2. The second kappa shape index (κ2) is 5.63. The van der Waals surface area contributed by atoms with Crippen LogP contribution in [0, 0.1) is 11.6 Å². The van der Waals surface area contributed by atoms with Crippen molar-refractivity contribution in [3.63, 3.8) is 0 Å². The van der Waals surface area contributed by atoms with Gasteiger partial charge in [0.1, 0.15) is 10.7 Å². The van der Waals surface area contributed by atoms with Crippen molar-refractivity contribution in [2.24, 2.45) is 5.73 Å². The van der Waals surface area contributed by atoms with Crippen molar-refractivity contribution >= 4 is 33.1 Å². The summed E-state index contributed by atoms with van der Waals surface area (Å²) < 4.78 is 32.7. The van der Waals surface area contributed by atoms with Gasteiger partial charge >= 0.3 is 0 Å². The van der Waals surface area contributed by atoms with Gasteiger partial charge in [0.05, 0.1) is 5.56 Å². The Hall–Kier alpha value is -1.53. The zero-order valence-electron chi connectivity index (χ0n) is 9.49. The van der Waals surface area contributed by atoms with Crippen LogP contribution in [0.15, 0.2) is 40.9 Å². The molecule has 2 nitrogen and oxygen atoms in total. The topological polar surface area (TPSA) is 35.2 Å². The summed E-state index contributed by atoms with van der Waals surface area (Å²) in [5.74, 6) is -1.99. The predicted molar refractivity (Wildman–Crippen MR) is 76.5 cm³/mol. The van der Waals surface area contributed by atoms with Gasteiger partial charge in [0.15, 0.2) is 11.6 Å². The molecule has 0 aromatic heterocycles. The van der Waals surface area contributed by atoms with E-state index in [2.05, 4.69) is 15.9 Å². The maximum Gasteiger partial charge on any atom is 0.201 e. The average molecular weight is 344 g/mol. The Morgan fingerprint density at radius 2 is 1.89 bits per heavy atom. The fraction of sp³-hybridized carbons (Fsp3) is 0. The Bertz CT molecular complexity index is 649. The number of halogens is 3. The van der Waals surface area contributed by atoms with E-state index in [4.69, 9.17) is 22.7 Å². The molecule has 2 rings (SSSR count). The zero-order valence-corrected chi connectivity index (χ0v) is 11.9. The molecule has 98 valence electrons. The standard InChI is InChI=1S/C13H8BrF2NOS/c14-7-4-5-10(8(6-7)13(17)19)18-11-3-1-2-9(15)12(11)16/h1-6H,(H2,17,19). The molecule has 0 amide bonds. The van der Waals surface area contributed by atoms with E-state index in [1.54, 1.807) is 18.2 Å². The number of hydrogen-bond donors (Lipinski definition) is 1. The molecule has 2 aromatic rings. The van der Waals surface area contributed by atoms with Gasteiger partial charge in [-0.05, 0) is 30.3 Å². The second-order valence-corrected chi connectivity index (χ2v) is 5.01. The zero-order chi connectivity index (χ0) is 14.0. The van der Waals surface area contributed by atoms with E-state index in [0.29, 0.717) is 5.56 Å². The highest BCUT2D eigenvalue weighted by molar-refractivity contribution is 9.10. The molecule has 19 heavy (non-hydrogen) atoms. The summed E-state index contributed by atoms with van der Waals surface area (Å²) in [5.41, 5.74) is 6.01. The van der Waals surface area contributed by atoms with Crippen molar-refractivity contribution in [1.29, 1.82) is 0 Å². The highest BCUT2D eigenvalue weighted by Crippen LogP contribution is 2.30. The van der Waals surface area contributed by atoms with E-state index in [-0.39, 0.29) is 16.5 Å². The summed E-state index contributed by atoms with van der Waals surface area (Å²) in [4.78, 5) is 0.105. The normalized spacial score (nSPS) is 10.3. The van der Waals surface area contributed by atoms with E-state index < -0.39 is 11.6 Å². The molecule has 0 heterocycles. The van der Waals surface area contributed by atoms with Crippen molar-refractivity contribution in [3.05, 3.63) is 58.1 Å². The first-order valence-electron chi connectivity index (χ1n) is 5.20. The summed E-state index contributed by atoms with van der Waals surface area (Å²) in [6.07, 6.45) is 0. The first-order valence-corrected chi connectivity index (χ1v) is 6.40. The lowest BCUT2D eigenvalue weighted by Gasteiger charge is -2.11. The number of rotatable bonds is 3. The molecule has 0 aliphatic heterocycles. The quantitative estimate of drug-likeness (QED) is 0.850. The summed E-state index contributed by atoms with van der Waals surface area (Å²) in [6.45, 7) is 0. The highest BCUT2D eigenvalue weighted by atomic mass is 79.9. The third kappa shape index (κ3) is 3.08. The van der Waals surface area contributed by atoms with Gasteiger partial charge < -0.3 is 10.5 Å². The fourth-order valence-corrected chi connectivity index (χ4v) is 1.99. The van der Waals surface area contributed by atoms with Crippen LogP contribution < -0.4 is 10.5 Å². The molecule has 0 saturated heterocycles. The highest BCUT2D eigenvalue weighted by Gasteiger charge is 2.13. The Balaban J connectivity index is 2.44. The van der Waals surface area contributed by atoms with Gasteiger partial charge in [0.25, 0.3) is 0 Å². The molecule has 0 aliphatic carbocycles. The smallest absolute Gasteiger partial charge is 0.201 e. The Morgan fingerprint density at radius 1 is 1.16 bits per heavy atom. The number of ether oxygens (including phenoxy) is 1. The molecule has 6 heteroatoms. The average Bonchev–Trinajstić information content (AvgIpc) is 2.36. The first kappa shape index (κ1) is 13.9. The SMILES string of the molecule is NC(=S)c1cc(Br)ccc1Oc1cccc(F)c1F. The van der Waals surface area contributed by atoms with Gasteiger partial charge in [0.2, 0.25) is 5.82 Å². The lowest BCUT2D eigenvalue weighted by molar-refractivity contribution is 0.415. The summed E-state index contributed by atoms with van der Waals surface area (Å²) in [7, 11) is 0. The molecular formula is C13H8BrF2NOS. The Kier molecular flexibility index (Phi) is 4.11. The van der Waals surface area contributed by atoms with Crippen molar-refractivity contribution in [3.8, 4) is 11.5 Å². The minimum Gasteiger partial charge on any atom is -0.453 e. The molecular weight excluding hydrogens is 336 g/mol. The van der Waals surface area contributed by atoms with Crippen LogP contribution in [-0.4, -0.2) is 4.99 Å². The van der Waals surface area contributed by atoms with Gasteiger partial charge in [-0.2, -0.15) is 4.39 Å². The van der Waals surface area contributed by atoms with Crippen molar-refractivity contribution in [2.45, 2.75) is 0 Å². The Morgan fingerprint density at radius 3 is 2.58 bits per heavy atom. The lowest BCUT2D eigenvalue weighted by Crippen LogP contribution is -2.11. The minimum absolute atomic E-state index is 0.105. The van der Waals surface area contributed by atoms with Crippen LogP contribution in [0.2, 0.25) is 0 Å². The summed E-state index contributed by atoms with van der Waals surface area (Å²) in [5, 5.41) is 0. The molecule has 0 fully saturated rings. The van der Waals surface area contributed by atoms with Crippen LogP contribution in [0.1, 0.15) is 5.56 Å². The van der Waals surface area contributed by atoms with Crippen LogP contribution >= 0.6 is 28.1 Å². The van der Waals surface area contributed by atoms with Crippen molar-refractivity contribution < 1.29 is 13.5 Å². The van der Waals surface area contributed by atoms with Gasteiger partial charge in [-0.3, -0.25) is 0 Å². The maximum absolute atomic E-state index is 13.5. The van der Waals surface area contributed by atoms with Crippen LogP contribution in [0.3, 0.4) is 0 Å². The van der Waals surface area contributed by atoms with Crippen LogP contribution in [0.4, 0.5) is 8.78 Å². The molecule has 0 radical (unpaired) electrons.